The molecule has 11 heteroatoms. The van der Waals surface area contributed by atoms with Crippen molar-refractivity contribution in [2.24, 2.45) is 5.92 Å². The van der Waals surface area contributed by atoms with Crippen LogP contribution >= 0.6 is 15.9 Å². The first-order chi connectivity index (χ1) is 25.5. The summed E-state index contributed by atoms with van der Waals surface area (Å²) in [6.07, 6.45) is 6.02. The van der Waals surface area contributed by atoms with E-state index in [-0.39, 0.29) is 48.3 Å². The molecule has 3 saturated heterocycles. The van der Waals surface area contributed by atoms with Crippen molar-refractivity contribution in [3.8, 4) is 5.75 Å². The van der Waals surface area contributed by atoms with E-state index in [1.807, 2.05) is 69.3 Å². The van der Waals surface area contributed by atoms with E-state index in [1.54, 1.807) is 7.11 Å². The molecule has 53 heavy (non-hydrogen) atoms. The highest BCUT2D eigenvalue weighted by molar-refractivity contribution is 9.10. The number of aliphatic hydroxyl groups excluding tert-OH is 1. The zero-order chi connectivity index (χ0) is 37.5. The maximum atomic E-state index is 15.2. The quantitative estimate of drug-likeness (QED) is 0.237. The van der Waals surface area contributed by atoms with Crippen LogP contribution in [0.25, 0.3) is 0 Å². The van der Waals surface area contributed by atoms with Crippen LogP contribution in [-0.4, -0.2) is 74.8 Å². The number of likely N-dealkylation sites (tertiary alicyclic amines) is 1. The SMILES string of the molecule is COc1ccc([Si](C)(C)[C@H]2[C@H](CC(=O)N3CCC[C@H]3CO)O[C@@]3(C(=O)N(Cc4ccc(N5CCCCCCC5=O)cc4)c4ccc(Br)cc43)[C@@H]2C)cc1. The van der Waals surface area contributed by atoms with Crippen LogP contribution in [0.3, 0.4) is 0 Å². The Morgan fingerprint density at radius 3 is 2.43 bits per heavy atom. The molecule has 0 aromatic heterocycles. The van der Waals surface area contributed by atoms with E-state index >= 15 is 4.79 Å². The van der Waals surface area contributed by atoms with Gasteiger partial charge in [-0.15, -0.1) is 0 Å². The normalized spacial score (nSPS) is 26.3. The van der Waals surface area contributed by atoms with Gasteiger partial charge in [0.15, 0.2) is 5.60 Å². The first kappa shape index (κ1) is 37.8. The van der Waals surface area contributed by atoms with Crippen molar-refractivity contribution in [3.63, 3.8) is 0 Å². The molecular formula is C42H52BrN3O6Si. The van der Waals surface area contributed by atoms with Gasteiger partial charge in [-0.2, -0.15) is 0 Å². The Hall–Kier alpha value is -3.51. The van der Waals surface area contributed by atoms with Crippen molar-refractivity contribution >= 4 is 58.3 Å². The molecule has 0 bridgehead atoms. The Labute approximate surface area is 322 Å². The molecule has 1 spiro atoms. The number of benzene rings is 3. The fourth-order valence-corrected chi connectivity index (χ4v) is 14.1. The van der Waals surface area contributed by atoms with E-state index in [0.29, 0.717) is 19.5 Å². The number of ether oxygens (including phenoxy) is 2. The van der Waals surface area contributed by atoms with Crippen molar-refractivity contribution in [3.05, 3.63) is 82.3 Å². The molecule has 5 atom stereocenters. The number of rotatable bonds is 9. The molecule has 3 aromatic rings. The molecule has 1 N–H and O–H groups in total. The molecule has 3 aromatic carbocycles. The van der Waals surface area contributed by atoms with E-state index in [0.717, 1.165) is 77.8 Å². The third kappa shape index (κ3) is 6.87. The number of aliphatic hydroxyl groups is 1. The Morgan fingerprint density at radius 1 is 0.981 bits per heavy atom. The van der Waals surface area contributed by atoms with Gasteiger partial charge in [-0.3, -0.25) is 14.4 Å². The molecule has 4 aliphatic rings. The van der Waals surface area contributed by atoms with E-state index in [2.05, 4.69) is 48.1 Å². The number of methoxy groups -OCH3 is 1. The van der Waals surface area contributed by atoms with Crippen molar-refractivity contribution in [2.75, 3.05) is 36.6 Å². The summed E-state index contributed by atoms with van der Waals surface area (Å²) in [6.45, 7) is 8.41. The van der Waals surface area contributed by atoms with Gasteiger partial charge in [0.1, 0.15) is 5.75 Å². The number of hydrogen-bond donors (Lipinski definition) is 1. The van der Waals surface area contributed by atoms with Crippen LogP contribution in [0.15, 0.2) is 71.2 Å². The van der Waals surface area contributed by atoms with E-state index in [9.17, 15) is 14.7 Å². The predicted molar refractivity (Wildman–Crippen MR) is 213 cm³/mol. The first-order valence-electron chi connectivity index (χ1n) is 19.2. The molecule has 0 saturated carbocycles. The molecule has 0 aliphatic carbocycles. The van der Waals surface area contributed by atoms with Crippen molar-refractivity contribution in [1.29, 1.82) is 0 Å². The molecule has 9 nitrogen and oxygen atoms in total. The third-order valence-corrected chi connectivity index (χ3v) is 17.3. The number of hydrogen-bond acceptors (Lipinski definition) is 6. The molecule has 4 heterocycles. The summed E-state index contributed by atoms with van der Waals surface area (Å²) in [5.74, 6) is 0.554. The van der Waals surface area contributed by atoms with Crippen molar-refractivity contribution < 1.29 is 29.0 Å². The first-order valence-corrected chi connectivity index (χ1v) is 23.1. The lowest BCUT2D eigenvalue weighted by Gasteiger charge is -2.37. The summed E-state index contributed by atoms with van der Waals surface area (Å²) >= 11 is 3.70. The van der Waals surface area contributed by atoms with Gasteiger partial charge in [-0.1, -0.05) is 78.2 Å². The average molecular weight is 803 g/mol. The molecular weight excluding hydrogens is 750 g/mol. The lowest BCUT2D eigenvalue weighted by Crippen LogP contribution is -2.52. The van der Waals surface area contributed by atoms with Gasteiger partial charge >= 0.3 is 0 Å². The lowest BCUT2D eigenvalue weighted by atomic mass is 9.82. The maximum absolute atomic E-state index is 15.2. The molecule has 4 aliphatic heterocycles. The third-order valence-electron chi connectivity index (χ3n) is 12.5. The highest BCUT2D eigenvalue weighted by atomic mass is 79.9. The number of carbonyl (C=O) groups excluding carboxylic acids is 3. The number of carbonyl (C=O) groups is 3. The fraction of sp³-hybridized carbons (Fsp3) is 0.500. The molecule has 282 valence electrons. The van der Waals surface area contributed by atoms with Gasteiger partial charge in [0, 0.05) is 41.2 Å². The molecule has 3 amide bonds. The number of anilines is 2. The number of fused-ring (bicyclic) bond motifs is 2. The van der Waals surface area contributed by atoms with Crippen LogP contribution < -0.4 is 19.7 Å². The van der Waals surface area contributed by atoms with Crippen LogP contribution in [0.1, 0.15) is 69.4 Å². The van der Waals surface area contributed by atoms with Crippen LogP contribution in [0.4, 0.5) is 11.4 Å². The zero-order valence-electron chi connectivity index (χ0n) is 31.4. The average Bonchev–Trinajstić information content (AvgIpc) is 3.81. The van der Waals surface area contributed by atoms with Crippen LogP contribution in [-0.2, 0) is 31.3 Å². The second-order valence-corrected chi connectivity index (χ2v) is 21.5. The summed E-state index contributed by atoms with van der Waals surface area (Å²) < 4.78 is 13.6. The monoisotopic (exact) mass is 801 g/mol. The highest BCUT2D eigenvalue weighted by Crippen LogP contribution is 2.60. The minimum atomic E-state index is -2.44. The minimum absolute atomic E-state index is 0.0318. The maximum Gasteiger partial charge on any atom is 0.264 e. The van der Waals surface area contributed by atoms with E-state index in [4.69, 9.17) is 9.47 Å². The molecule has 0 radical (unpaired) electrons. The Balaban J connectivity index is 1.24. The second kappa shape index (κ2) is 15.3. The largest absolute Gasteiger partial charge is 0.497 e. The van der Waals surface area contributed by atoms with E-state index < -0.39 is 19.8 Å². The van der Waals surface area contributed by atoms with Gasteiger partial charge in [0.25, 0.3) is 5.91 Å². The Bertz CT molecular complexity index is 1840. The smallest absolute Gasteiger partial charge is 0.264 e. The Kier molecular flexibility index (Phi) is 10.9. The molecule has 7 rings (SSSR count). The van der Waals surface area contributed by atoms with Crippen molar-refractivity contribution in [1.82, 2.24) is 4.90 Å². The summed E-state index contributed by atoms with van der Waals surface area (Å²) in [5, 5.41) is 11.3. The second-order valence-electron chi connectivity index (χ2n) is 15.9. The van der Waals surface area contributed by atoms with Gasteiger partial charge in [0.05, 0.1) is 52.6 Å². The van der Waals surface area contributed by atoms with Gasteiger partial charge in [-0.05, 0) is 79.3 Å². The number of halogens is 1. The highest BCUT2D eigenvalue weighted by Gasteiger charge is 2.66. The number of nitrogens with zero attached hydrogens (tertiary/aromatic N) is 3. The zero-order valence-corrected chi connectivity index (χ0v) is 33.9. The topological polar surface area (TPSA) is 99.6 Å². The predicted octanol–water partition coefficient (Wildman–Crippen LogP) is 6.89. The number of amides is 3. The van der Waals surface area contributed by atoms with Gasteiger partial charge in [-0.25, -0.2) is 0 Å². The van der Waals surface area contributed by atoms with Gasteiger partial charge in [0.2, 0.25) is 11.8 Å². The summed E-state index contributed by atoms with van der Waals surface area (Å²) in [4.78, 5) is 47.8. The van der Waals surface area contributed by atoms with Crippen molar-refractivity contribution in [2.45, 2.75) is 101 Å². The standard InChI is InChI=1S/C42H52BrN3O6Si/c1-28-40(53(3,4)34-19-17-33(51-2)18-20-34)37(25-39(49)45-23-9-10-32(45)27-47)52-42(28)35-24-30(43)14-21-36(35)46(41(42)50)26-29-12-15-31(16-13-29)44-22-8-6-5-7-11-38(44)48/h12-21,24,28,32,37,40,47H,5-11,22-23,25-27H2,1-4H3/t28-,32+,37+,40-,42+/m1/s1. The minimum Gasteiger partial charge on any atom is -0.497 e. The Morgan fingerprint density at radius 2 is 1.72 bits per heavy atom. The summed E-state index contributed by atoms with van der Waals surface area (Å²) in [5.41, 5.74) is 2.11. The fourth-order valence-electron chi connectivity index (χ4n) is 9.68. The van der Waals surface area contributed by atoms with Crippen LogP contribution in [0.2, 0.25) is 18.6 Å². The van der Waals surface area contributed by atoms with Gasteiger partial charge < -0.3 is 29.3 Å². The summed E-state index contributed by atoms with van der Waals surface area (Å²) in [6, 6.07) is 22.1. The lowest BCUT2D eigenvalue weighted by molar-refractivity contribution is -0.150. The molecule has 0 unspecified atom stereocenters. The van der Waals surface area contributed by atoms with Crippen LogP contribution in [0, 0.1) is 5.92 Å². The van der Waals surface area contributed by atoms with Crippen LogP contribution in [0.5, 0.6) is 5.75 Å². The van der Waals surface area contributed by atoms with E-state index in [1.165, 1.54) is 5.19 Å². The summed E-state index contributed by atoms with van der Waals surface area (Å²) in [7, 11) is -0.785. The molecule has 3 fully saturated rings.